The Labute approximate surface area is 213 Å². The van der Waals surface area contributed by atoms with Gasteiger partial charge < -0.3 is 23.8 Å². The van der Waals surface area contributed by atoms with Crippen LogP contribution in [0.5, 0.6) is 17.2 Å². The van der Waals surface area contributed by atoms with Crippen molar-refractivity contribution in [3.63, 3.8) is 0 Å². The molecule has 2 aliphatic rings. The highest BCUT2D eigenvalue weighted by Crippen LogP contribution is 2.41. The van der Waals surface area contributed by atoms with E-state index in [1.54, 1.807) is 35.5 Å². The molecule has 0 N–H and O–H groups in total. The van der Waals surface area contributed by atoms with Crippen molar-refractivity contribution in [2.75, 3.05) is 33.5 Å². The maximum absolute atomic E-state index is 13.5. The van der Waals surface area contributed by atoms with Crippen molar-refractivity contribution in [1.29, 1.82) is 0 Å². The van der Waals surface area contributed by atoms with Crippen LogP contribution in [0.4, 0.5) is 0 Å². The van der Waals surface area contributed by atoms with Gasteiger partial charge in [-0.25, -0.2) is 4.98 Å². The number of hydrogen-bond donors (Lipinski definition) is 0. The molecule has 0 spiro atoms. The fourth-order valence-corrected chi connectivity index (χ4v) is 5.59. The first kappa shape index (κ1) is 22.8. The quantitative estimate of drug-likeness (QED) is 0.375. The summed E-state index contributed by atoms with van der Waals surface area (Å²) in [5.41, 5.74) is 3.33. The first-order valence-electron chi connectivity index (χ1n) is 12.0. The monoisotopic (exact) mass is 502 g/mol. The zero-order chi connectivity index (χ0) is 24.5. The van der Waals surface area contributed by atoms with Crippen LogP contribution >= 0.6 is 11.3 Å². The minimum atomic E-state index is -0.0963. The summed E-state index contributed by atoms with van der Waals surface area (Å²) in [5, 5.41) is 0.901. The smallest absolute Gasteiger partial charge is 0.258 e. The van der Waals surface area contributed by atoms with Gasteiger partial charge in [0.05, 0.1) is 42.6 Å². The van der Waals surface area contributed by atoms with Gasteiger partial charge >= 0.3 is 0 Å². The molecule has 7 nitrogen and oxygen atoms in total. The molecule has 1 fully saturated rings. The van der Waals surface area contributed by atoms with Crippen molar-refractivity contribution < 1.29 is 23.7 Å². The molecular weight excluding hydrogens is 476 g/mol. The van der Waals surface area contributed by atoms with Crippen molar-refractivity contribution in [3.8, 4) is 27.8 Å². The van der Waals surface area contributed by atoms with Crippen LogP contribution in [0.15, 0.2) is 60.7 Å². The molecule has 8 heteroatoms. The maximum atomic E-state index is 13.5. The second-order valence-electron chi connectivity index (χ2n) is 8.83. The van der Waals surface area contributed by atoms with E-state index in [2.05, 4.69) is 12.1 Å². The van der Waals surface area contributed by atoms with Crippen LogP contribution < -0.4 is 14.2 Å². The highest BCUT2D eigenvalue weighted by molar-refractivity contribution is 7.21. The number of benzene rings is 3. The van der Waals surface area contributed by atoms with Gasteiger partial charge in [0.25, 0.3) is 5.91 Å². The third-order valence-corrected chi connectivity index (χ3v) is 7.53. The number of carbonyl (C=O) groups is 1. The highest BCUT2D eigenvalue weighted by atomic mass is 32.1. The van der Waals surface area contributed by atoms with E-state index in [1.165, 1.54) is 0 Å². The van der Waals surface area contributed by atoms with Gasteiger partial charge in [-0.1, -0.05) is 24.3 Å². The van der Waals surface area contributed by atoms with Gasteiger partial charge in [0.1, 0.15) is 23.5 Å². The van der Waals surface area contributed by atoms with Crippen molar-refractivity contribution in [2.24, 2.45) is 0 Å². The minimum Gasteiger partial charge on any atom is -0.496 e. The van der Waals surface area contributed by atoms with E-state index >= 15 is 0 Å². The number of methoxy groups -OCH3 is 1. The SMILES string of the molecule is COc1ccccc1C(=O)N1CCOc2c(cc(-c3nc4ccccc4s3)cc2OC2CCOC2)C1. The number of aromatic nitrogens is 1. The van der Waals surface area contributed by atoms with Gasteiger partial charge in [0.2, 0.25) is 0 Å². The van der Waals surface area contributed by atoms with Crippen molar-refractivity contribution >= 4 is 27.5 Å². The molecule has 36 heavy (non-hydrogen) atoms. The van der Waals surface area contributed by atoms with E-state index in [-0.39, 0.29) is 12.0 Å². The summed E-state index contributed by atoms with van der Waals surface area (Å²) < 4.78 is 24.7. The summed E-state index contributed by atoms with van der Waals surface area (Å²) in [5.74, 6) is 1.81. The zero-order valence-corrected chi connectivity index (χ0v) is 20.8. The van der Waals surface area contributed by atoms with E-state index < -0.39 is 0 Å². The molecule has 0 aliphatic carbocycles. The van der Waals surface area contributed by atoms with Gasteiger partial charge in [0.15, 0.2) is 11.5 Å². The number of thiazole rings is 1. The molecule has 1 unspecified atom stereocenters. The molecule has 0 radical (unpaired) electrons. The molecule has 2 aliphatic heterocycles. The van der Waals surface area contributed by atoms with E-state index in [0.29, 0.717) is 55.7 Å². The van der Waals surface area contributed by atoms with Gasteiger partial charge in [-0.15, -0.1) is 11.3 Å². The minimum absolute atomic E-state index is 0.0297. The second kappa shape index (κ2) is 9.79. The molecule has 1 aromatic heterocycles. The van der Waals surface area contributed by atoms with Crippen LogP contribution in [-0.2, 0) is 11.3 Å². The Balaban J connectivity index is 1.40. The molecule has 1 atom stereocenters. The normalized spacial score (nSPS) is 17.4. The van der Waals surface area contributed by atoms with E-state index in [0.717, 1.165) is 32.8 Å². The zero-order valence-electron chi connectivity index (χ0n) is 19.9. The van der Waals surface area contributed by atoms with E-state index in [9.17, 15) is 4.79 Å². The van der Waals surface area contributed by atoms with Crippen LogP contribution in [0.25, 0.3) is 20.8 Å². The maximum Gasteiger partial charge on any atom is 0.258 e. The Hall–Kier alpha value is -3.62. The Kier molecular flexibility index (Phi) is 6.21. The molecular formula is C28H26N2O5S. The number of para-hydroxylation sites is 2. The Morgan fingerprint density at radius 3 is 2.78 bits per heavy atom. The lowest BCUT2D eigenvalue weighted by Crippen LogP contribution is -2.32. The summed E-state index contributed by atoms with van der Waals surface area (Å²) in [6.07, 6.45) is 0.802. The predicted molar refractivity (Wildman–Crippen MR) is 138 cm³/mol. The third-order valence-electron chi connectivity index (χ3n) is 6.45. The first-order valence-corrected chi connectivity index (χ1v) is 12.8. The average molecular weight is 503 g/mol. The van der Waals surface area contributed by atoms with E-state index in [4.69, 9.17) is 23.9 Å². The number of ether oxygens (including phenoxy) is 4. The van der Waals surface area contributed by atoms with Crippen LogP contribution in [-0.4, -0.2) is 55.4 Å². The molecule has 184 valence electrons. The molecule has 0 bridgehead atoms. The second-order valence-corrected chi connectivity index (χ2v) is 9.86. The number of amides is 1. The number of carbonyl (C=O) groups excluding carboxylic acids is 1. The fraction of sp³-hybridized carbons (Fsp3) is 0.286. The Morgan fingerprint density at radius 1 is 1.08 bits per heavy atom. The summed E-state index contributed by atoms with van der Waals surface area (Å²) in [6.45, 7) is 2.45. The molecule has 3 heterocycles. The molecule has 4 aromatic rings. The summed E-state index contributed by atoms with van der Waals surface area (Å²) in [4.78, 5) is 20.2. The molecule has 0 saturated carbocycles. The van der Waals surface area contributed by atoms with Crippen molar-refractivity contribution in [1.82, 2.24) is 9.88 Å². The lowest BCUT2D eigenvalue weighted by molar-refractivity contribution is 0.0729. The number of fused-ring (bicyclic) bond motifs is 2. The molecule has 1 saturated heterocycles. The lowest BCUT2D eigenvalue weighted by atomic mass is 10.1. The lowest BCUT2D eigenvalue weighted by Gasteiger charge is -2.21. The summed E-state index contributed by atoms with van der Waals surface area (Å²) >= 11 is 1.64. The van der Waals surface area contributed by atoms with E-state index in [1.807, 2.05) is 36.4 Å². The molecule has 6 rings (SSSR count). The number of hydrogen-bond acceptors (Lipinski definition) is 7. The standard InChI is InChI=1S/C28H26N2O5S/c1-32-23-8-4-2-6-21(23)28(31)30-11-13-34-26-19(16-30)14-18(15-24(26)35-20-10-12-33-17-20)27-29-22-7-3-5-9-25(22)36-27/h2-9,14-15,20H,10-13,16-17H2,1H3. The largest absolute Gasteiger partial charge is 0.496 e. The Bertz CT molecular complexity index is 1380. The predicted octanol–water partition coefficient (Wildman–Crippen LogP) is 5.17. The van der Waals surface area contributed by atoms with Crippen molar-refractivity contribution in [3.05, 3.63) is 71.8 Å². The van der Waals surface area contributed by atoms with Crippen LogP contribution in [0.2, 0.25) is 0 Å². The van der Waals surface area contributed by atoms with Gasteiger partial charge in [-0.2, -0.15) is 0 Å². The number of nitrogens with zero attached hydrogens (tertiary/aromatic N) is 2. The summed E-state index contributed by atoms with van der Waals surface area (Å²) in [6, 6.07) is 19.5. The van der Waals surface area contributed by atoms with Crippen LogP contribution in [0.3, 0.4) is 0 Å². The number of rotatable bonds is 5. The highest BCUT2D eigenvalue weighted by Gasteiger charge is 2.28. The topological polar surface area (TPSA) is 70.1 Å². The average Bonchev–Trinajstić information content (AvgIpc) is 3.53. The third kappa shape index (κ3) is 4.38. The summed E-state index contributed by atoms with van der Waals surface area (Å²) in [7, 11) is 1.58. The van der Waals surface area contributed by atoms with Gasteiger partial charge in [0, 0.05) is 24.1 Å². The van der Waals surface area contributed by atoms with Crippen molar-refractivity contribution in [2.45, 2.75) is 19.1 Å². The van der Waals surface area contributed by atoms with Crippen LogP contribution in [0, 0.1) is 0 Å². The Morgan fingerprint density at radius 2 is 1.94 bits per heavy atom. The fourth-order valence-electron chi connectivity index (χ4n) is 4.64. The van der Waals surface area contributed by atoms with Crippen LogP contribution in [0.1, 0.15) is 22.3 Å². The first-order chi connectivity index (χ1) is 17.7. The van der Waals surface area contributed by atoms with Gasteiger partial charge in [-0.05, 0) is 36.4 Å². The van der Waals surface area contributed by atoms with Gasteiger partial charge in [-0.3, -0.25) is 4.79 Å². The molecule has 1 amide bonds. The molecule has 3 aromatic carbocycles.